The van der Waals surface area contributed by atoms with Gasteiger partial charge in [-0.25, -0.2) is 0 Å². The van der Waals surface area contributed by atoms with E-state index >= 15 is 0 Å². The van der Waals surface area contributed by atoms with Gasteiger partial charge in [-0.05, 0) is 25.3 Å². The van der Waals surface area contributed by atoms with Crippen LogP contribution >= 0.6 is 12.4 Å². The Hall–Kier alpha value is -0.280. The molecule has 0 radical (unpaired) electrons. The standard InChI is InChI=1S/C11H24N2O.ClH/c1-9(2)7-10(3)8-11(14)13-6-5-12-4;/h9-10,12H,5-8H2,1-4H3,(H,13,14);1H. The number of hydrogen-bond donors (Lipinski definition) is 2. The number of halogens is 1. The maximum atomic E-state index is 11.4. The molecule has 0 rings (SSSR count). The zero-order valence-electron chi connectivity index (χ0n) is 10.3. The van der Waals surface area contributed by atoms with Gasteiger partial charge in [0.1, 0.15) is 0 Å². The molecule has 0 aromatic rings. The summed E-state index contributed by atoms with van der Waals surface area (Å²) in [5.74, 6) is 1.34. The quantitative estimate of drug-likeness (QED) is 0.662. The Kier molecular flexibility index (Phi) is 11.7. The molecule has 0 spiro atoms. The van der Waals surface area contributed by atoms with Crippen molar-refractivity contribution in [3.8, 4) is 0 Å². The van der Waals surface area contributed by atoms with Gasteiger partial charge < -0.3 is 10.6 Å². The lowest BCUT2D eigenvalue weighted by atomic mass is 9.96. The average molecular weight is 237 g/mol. The van der Waals surface area contributed by atoms with E-state index in [1.807, 2.05) is 7.05 Å². The van der Waals surface area contributed by atoms with Crippen LogP contribution in [-0.4, -0.2) is 26.0 Å². The van der Waals surface area contributed by atoms with E-state index in [4.69, 9.17) is 0 Å². The molecule has 0 saturated carbocycles. The van der Waals surface area contributed by atoms with Crippen LogP contribution in [0.2, 0.25) is 0 Å². The van der Waals surface area contributed by atoms with Gasteiger partial charge in [-0.2, -0.15) is 0 Å². The summed E-state index contributed by atoms with van der Waals surface area (Å²) in [6, 6.07) is 0. The third-order valence-corrected chi connectivity index (χ3v) is 2.10. The highest BCUT2D eigenvalue weighted by Crippen LogP contribution is 2.13. The fraction of sp³-hybridized carbons (Fsp3) is 0.909. The van der Waals surface area contributed by atoms with Crippen molar-refractivity contribution < 1.29 is 4.79 Å². The fourth-order valence-electron chi connectivity index (χ4n) is 1.60. The molecule has 92 valence electrons. The maximum Gasteiger partial charge on any atom is 0.220 e. The number of hydrogen-bond acceptors (Lipinski definition) is 2. The van der Waals surface area contributed by atoms with Gasteiger partial charge in [0, 0.05) is 19.5 Å². The Morgan fingerprint density at radius 3 is 2.27 bits per heavy atom. The predicted molar refractivity (Wildman–Crippen MR) is 67.4 cm³/mol. The second-order valence-corrected chi connectivity index (χ2v) is 4.39. The number of rotatable bonds is 7. The molecule has 0 aliphatic rings. The topological polar surface area (TPSA) is 41.1 Å². The van der Waals surface area contributed by atoms with E-state index in [0.29, 0.717) is 18.3 Å². The van der Waals surface area contributed by atoms with E-state index < -0.39 is 0 Å². The Bertz CT molecular complexity index is 163. The summed E-state index contributed by atoms with van der Waals surface area (Å²) in [6.07, 6.45) is 1.78. The molecular weight excluding hydrogens is 212 g/mol. The summed E-state index contributed by atoms with van der Waals surface area (Å²) in [4.78, 5) is 11.4. The highest BCUT2D eigenvalue weighted by Gasteiger charge is 2.09. The summed E-state index contributed by atoms with van der Waals surface area (Å²) in [6.45, 7) is 8.08. The van der Waals surface area contributed by atoms with Crippen molar-refractivity contribution in [1.29, 1.82) is 0 Å². The van der Waals surface area contributed by atoms with Crippen molar-refractivity contribution in [3.05, 3.63) is 0 Å². The molecule has 1 unspecified atom stereocenters. The molecule has 0 aliphatic heterocycles. The minimum absolute atomic E-state index is 0. The molecule has 2 N–H and O–H groups in total. The minimum atomic E-state index is 0. The molecule has 1 atom stereocenters. The molecule has 15 heavy (non-hydrogen) atoms. The van der Waals surface area contributed by atoms with Crippen LogP contribution < -0.4 is 10.6 Å². The van der Waals surface area contributed by atoms with Gasteiger partial charge in [0.15, 0.2) is 0 Å². The third-order valence-electron chi connectivity index (χ3n) is 2.10. The summed E-state index contributed by atoms with van der Waals surface area (Å²) in [7, 11) is 1.88. The summed E-state index contributed by atoms with van der Waals surface area (Å²) < 4.78 is 0. The number of likely N-dealkylation sites (N-methyl/N-ethyl adjacent to an activating group) is 1. The van der Waals surface area contributed by atoms with Crippen LogP contribution in [0.5, 0.6) is 0 Å². The van der Waals surface area contributed by atoms with Crippen LogP contribution in [0.4, 0.5) is 0 Å². The molecule has 0 aliphatic carbocycles. The predicted octanol–water partition coefficient (Wildman–Crippen LogP) is 1.82. The molecule has 0 bridgehead atoms. The Labute approximate surface area is 99.8 Å². The number of carbonyl (C=O) groups excluding carboxylic acids is 1. The van der Waals surface area contributed by atoms with E-state index in [1.165, 1.54) is 0 Å². The van der Waals surface area contributed by atoms with Crippen LogP contribution in [0.1, 0.15) is 33.6 Å². The van der Waals surface area contributed by atoms with Crippen molar-refractivity contribution in [3.63, 3.8) is 0 Å². The smallest absolute Gasteiger partial charge is 0.220 e. The van der Waals surface area contributed by atoms with Gasteiger partial charge >= 0.3 is 0 Å². The molecule has 0 heterocycles. The number of carbonyl (C=O) groups is 1. The Morgan fingerprint density at radius 1 is 1.20 bits per heavy atom. The first kappa shape index (κ1) is 17.1. The zero-order chi connectivity index (χ0) is 11.0. The first-order valence-electron chi connectivity index (χ1n) is 5.47. The van der Waals surface area contributed by atoms with Crippen LogP contribution in [0.25, 0.3) is 0 Å². The second kappa shape index (κ2) is 10.2. The average Bonchev–Trinajstić information content (AvgIpc) is 2.02. The van der Waals surface area contributed by atoms with E-state index in [-0.39, 0.29) is 18.3 Å². The van der Waals surface area contributed by atoms with Crippen molar-refractivity contribution in [2.45, 2.75) is 33.6 Å². The molecule has 0 aromatic carbocycles. The van der Waals surface area contributed by atoms with Crippen molar-refractivity contribution in [2.24, 2.45) is 11.8 Å². The van der Waals surface area contributed by atoms with E-state index in [0.717, 1.165) is 19.5 Å². The highest BCUT2D eigenvalue weighted by atomic mass is 35.5. The van der Waals surface area contributed by atoms with E-state index in [9.17, 15) is 4.79 Å². The largest absolute Gasteiger partial charge is 0.355 e. The van der Waals surface area contributed by atoms with Gasteiger partial charge in [0.25, 0.3) is 0 Å². The van der Waals surface area contributed by atoms with Crippen molar-refractivity contribution in [1.82, 2.24) is 10.6 Å². The Morgan fingerprint density at radius 2 is 1.80 bits per heavy atom. The molecule has 3 nitrogen and oxygen atoms in total. The highest BCUT2D eigenvalue weighted by molar-refractivity contribution is 5.85. The minimum Gasteiger partial charge on any atom is -0.355 e. The lowest BCUT2D eigenvalue weighted by Gasteiger charge is -2.13. The molecule has 0 saturated heterocycles. The molecule has 1 amide bonds. The number of amides is 1. The Balaban J connectivity index is 0. The summed E-state index contributed by atoms with van der Waals surface area (Å²) in [5, 5.41) is 5.88. The number of nitrogens with one attached hydrogen (secondary N) is 2. The lowest BCUT2D eigenvalue weighted by Crippen LogP contribution is -2.31. The van der Waals surface area contributed by atoms with Crippen LogP contribution in [-0.2, 0) is 4.79 Å². The molecule has 4 heteroatoms. The van der Waals surface area contributed by atoms with Crippen molar-refractivity contribution in [2.75, 3.05) is 20.1 Å². The van der Waals surface area contributed by atoms with Gasteiger partial charge in [-0.3, -0.25) is 4.79 Å². The first-order chi connectivity index (χ1) is 6.56. The molecule has 0 aromatic heterocycles. The van der Waals surface area contributed by atoms with Crippen LogP contribution in [0.15, 0.2) is 0 Å². The monoisotopic (exact) mass is 236 g/mol. The fourth-order valence-corrected chi connectivity index (χ4v) is 1.60. The molecule has 0 fully saturated rings. The van der Waals surface area contributed by atoms with Gasteiger partial charge in [0.05, 0.1) is 0 Å². The molecular formula is C11H25ClN2O. The second-order valence-electron chi connectivity index (χ2n) is 4.39. The van der Waals surface area contributed by atoms with Gasteiger partial charge in [-0.1, -0.05) is 20.8 Å². The summed E-state index contributed by atoms with van der Waals surface area (Å²) >= 11 is 0. The van der Waals surface area contributed by atoms with Crippen LogP contribution in [0.3, 0.4) is 0 Å². The van der Waals surface area contributed by atoms with Gasteiger partial charge in [0.2, 0.25) is 5.91 Å². The summed E-state index contributed by atoms with van der Waals surface area (Å²) in [5.41, 5.74) is 0. The lowest BCUT2D eigenvalue weighted by molar-refractivity contribution is -0.121. The normalized spacial score (nSPS) is 12.1. The maximum absolute atomic E-state index is 11.4. The van der Waals surface area contributed by atoms with E-state index in [2.05, 4.69) is 31.4 Å². The SMILES string of the molecule is CNCCNC(=O)CC(C)CC(C)C.Cl. The third kappa shape index (κ3) is 11.6. The zero-order valence-corrected chi connectivity index (χ0v) is 11.1. The van der Waals surface area contributed by atoms with Crippen molar-refractivity contribution >= 4 is 18.3 Å². The van der Waals surface area contributed by atoms with Crippen LogP contribution in [0, 0.1) is 11.8 Å². The first-order valence-corrected chi connectivity index (χ1v) is 5.47. The van der Waals surface area contributed by atoms with E-state index in [1.54, 1.807) is 0 Å². The van der Waals surface area contributed by atoms with Gasteiger partial charge in [-0.15, -0.1) is 12.4 Å².